The summed E-state index contributed by atoms with van der Waals surface area (Å²) >= 11 is 0. The number of carbonyl (C=O) groups is 1. The highest BCUT2D eigenvalue weighted by Gasteiger charge is 2.49. The van der Waals surface area contributed by atoms with E-state index >= 15 is 0 Å². The largest absolute Gasteiger partial charge is 0.340 e. The van der Waals surface area contributed by atoms with Crippen molar-refractivity contribution in [1.82, 2.24) is 31.0 Å². The Balaban J connectivity index is 1.38. The molecule has 3 aliphatic rings. The molecular formula is C19H23N7O. The third-order valence-electron chi connectivity index (χ3n) is 6.07. The predicted molar refractivity (Wildman–Crippen MR) is 99.3 cm³/mol. The van der Waals surface area contributed by atoms with Crippen LogP contribution in [0.25, 0.3) is 0 Å². The third kappa shape index (κ3) is 2.76. The summed E-state index contributed by atoms with van der Waals surface area (Å²) < 4.78 is 0. The second-order valence-electron chi connectivity index (χ2n) is 7.55. The van der Waals surface area contributed by atoms with Crippen LogP contribution in [0.4, 0.5) is 5.69 Å². The highest BCUT2D eigenvalue weighted by Crippen LogP contribution is 2.43. The summed E-state index contributed by atoms with van der Waals surface area (Å²) in [6.07, 6.45) is 9.14. The predicted octanol–water partition coefficient (Wildman–Crippen LogP) is 0.686. The number of aromatic nitrogens is 3. The number of aryl methyl sites for hydroxylation is 1. The van der Waals surface area contributed by atoms with Crippen LogP contribution in [0.5, 0.6) is 0 Å². The van der Waals surface area contributed by atoms with Crippen LogP contribution in [0.15, 0.2) is 36.9 Å². The molecule has 0 spiro atoms. The zero-order valence-electron chi connectivity index (χ0n) is 15.2. The maximum atomic E-state index is 12.8. The fraction of sp³-hybridized carbons (Fsp3) is 0.474. The lowest BCUT2D eigenvalue weighted by atomic mass is 9.70. The van der Waals surface area contributed by atoms with Gasteiger partial charge in [0, 0.05) is 37.0 Å². The van der Waals surface area contributed by atoms with Crippen LogP contribution in [0.3, 0.4) is 0 Å². The molecule has 0 bridgehead atoms. The number of carbonyl (C=O) groups excluding carboxylic acids is 1. The quantitative estimate of drug-likeness (QED) is 0.736. The van der Waals surface area contributed by atoms with E-state index in [0.717, 1.165) is 29.9 Å². The summed E-state index contributed by atoms with van der Waals surface area (Å²) in [6.45, 7) is 2.67. The molecule has 2 aromatic rings. The first kappa shape index (κ1) is 16.6. The molecule has 5 unspecified atom stereocenters. The van der Waals surface area contributed by atoms with Crippen molar-refractivity contribution in [3.05, 3.63) is 48.3 Å². The molecule has 140 valence electrons. The smallest absolute Gasteiger partial charge is 0.229 e. The van der Waals surface area contributed by atoms with Crippen molar-refractivity contribution < 1.29 is 4.79 Å². The number of nitrogens with one attached hydrogen (secondary N) is 3. The van der Waals surface area contributed by atoms with E-state index in [9.17, 15) is 4.79 Å². The molecule has 1 saturated carbocycles. The minimum Gasteiger partial charge on any atom is -0.340 e. The number of hydrogen-bond acceptors (Lipinski definition) is 7. The van der Waals surface area contributed by atoms with Gasteiger partial charge in [0.2, 0.25) is 5.91 Å². The summed E-state index contributed by atoms with van der Waals surface area (Å²) in [6, 6.07) is 3.82. The molecule has 5 atom stereocenters. The monoisotopic (exact) mass is 365 g/mol. The Morgan fingerprint density at radius 2 is 2.00 bits per heavy atom. The van der Waals surface area contributed by atoms with Crippen molar-refractivity contribution in [2.24, 2.45) is 11.8 Å². The van der Waals surface area contributed by atoms with Gasteiger partial charge in [0.25, 0.3) is 0 Å². The van der Waals surface area contributed by atoms with E-state index in [1.807, 2.05) is 18.3 Å². The van der Waals surface area contributed by atoms with Gasteiger partial charge >= 0.3 is 0 Å². The topological polar surface area (TPSA) is 95.1 Å². The number of pyridine rings is 1. The van der Waals surface area contributed by atoms with Crippen LogP contribution in [-0.4, -0.2) is 39.7 Å². The second-order valence-corrected chi connectivity index (χ2v) is 7.55. The average molecular weight is 365 g/mol. The van der Waals surface area contributed by atoms with Gasteiger partial charge in [-0.1, -0.05) is 0 Å². The Morgan fingerprint density at radius 3 is 2.74 bits per heavy atom. The lowest BCUT2D eigenvalue weighted by Gasteiger charge is -2.46. The molecule has 2 aromatic heterocycles. The van der Waals surface area contributed by atoms with Crippen molar-refractivity contribution in [2.75, 3.05) is 11.6 Å². The number of hydrazine groups is 1. The number of amides is 1. The molecule has 0 radical (unpaired) electrons. The maximum absolute atomic E-state index is 12.8. The molecular weight excluding hydrogens is 342 g/mol. The normalized spacial score (nSPS) is 32.6. The van der Waals surface area contributed by atoms with Gasteiger partial charge in [0.1, 0.15) is 12.0 Å². The third-order valence-corrected chi connectivity index (χ3v) is 6.07. The first-order valence-corrected chi connectivity index (χ1v) is 9.49. The average Bonchev–Trinajstić information content (AvgIpc) is 3.06. The zero-order valence-corrected chi connectivity index (χ0v) is 15.2. The van der Waals surface area contributed by atoms with Crippen molar-refractivity contribution in [3.8, 4) is 0 Å². The summed E-state index contributed by atoms with van der Waals surface area (Å²) in [5, 5.41) is 8.92. The molecule has 3 fully saturated rings. The Kier molecular flexibility index (Phi) is 4.02. The van der Waals surface area contributed by atoms with E-state index in [1.165, 1.54) is 0 Å². The van der Waals surface area contributed by atoms with Crippen molar-refractivity contribution in [1.29, 1.82) is 0 Å². The summed E-state index contributed by atoms with van der Waals surface area (Å²) in [5.41, 5.74) is 5.50. The highest BCUT2D eigenvalue weighted by atomic mass is 16.2. The number of nitrogens with zero attached hydrogens (tertiary/aromatic N) is 4. The van der Waals surface area contributed by atoms with Gasteiger partial charge in [0.15, 0.2) is 0 Å². The van der Waals surface area contributed by atoms with Crippen molar-refractivity contribution >= 4 is 11.6 Å². The molecule has 1 aliphatic carbocycles. The molecule has 4 heterocycles. The number of hydrogen-bond donors (Lipinski definition) is 3. The van der Waals surface area contributed by atoms with E-state index in [4.69, 9.17) is 0 Å². The van der Waals surface area contributed by atoms with E-state index < -0.39 is 0 Å². The molecule has 3 N–H and O–H groups in total. The number of rotatable bonds is 3. The number of anilines is 1. The fourth-order valence-electron chi connectivity index (χ4n) is 4.42. The van der Waals surface area contributed by atoms with Crippen molar-refractivity contribution in [2.45, 2.75) is 38.0 Å². The van der Waals surface area contributed by atoms with Gasteiger partial charge in [-0.2, -0.15) is 0 Å². The molecule has 8 heteroatoms. The first-order chi connectivity index (χ1) is 13.2. The molecule has 0 aromatic carbocycles. The van der Waals surface area contributed by atoms with Crippen LogP contribution in [0, 0.1) is 18.8 Å². The second kappa shape index (κ2) is 6.54. The van der Waals surface area contributed by atoms with Crippen LogP contribution in [0.2, 0.25) is 0 Å². The van der Waals surface area contributed by atoms with Gasteiger partial charge < -0.3 is 5.32 Å². The van der Waals surface area contributed by atoms with Crippen LogP contribution < -0.4 is 21.1 Å². The van der Waals surface area contributed by atoms with Gasteiger partial charge in [-0.3, -0.25) is 20.1 Å². The Hall–Kier alpha value is -2.58. The van der Waals surface area contributed by atoms with E-state index in [1.54, 1.807) is 18.6 Å². The van der Waals surface area contributed by atoms with Gasteiger partial charge in [-0.05, 0) is 37.5 Å². The van der Waals surface area contributed by atoms with Crippen LogP contribution in [0.1, 0.15) is 30.1 Å². The standard InChI is InChI=1S/C19H23N7O/c1-11-5-8-20-10-15(11)26-18-14(9-23-26)19(27)25-17(24-18)13-4-3-12(13)16-21-6-2-7-22-16/h2,5-8,10,12-14,17-18,23-24H,3-4,9H2,1H3,(H,25,27). The van der Waals surface area contributed by atoms with Crippen molar-refractivity contribution in [3.63, 3.8) is 0 Å². The Labute approximate surface area is 157 Å². The van der Waals surface area contributed by atoms with Gasteiger partial charge in [0.05, 0.1) is 24.0 Å². The van der Waals surface area contributed by atoms with Crippen LogP contribution in [-0.2, 0) is 4.79 Å². The molecule has 2 aliphatic heterocycles. The molecule has 5 rings (SSSR count). The van der Waals surface area contributed by atoms with Gasteiger partial charge in [-0.25, -0.2) is 15.4 Å². The minimum atomic E-state index is -0.132. The van der Waals surface area contributed by atoms with E-state index in [2.05, 4.69) is 42.9 Å². The lowest BCUT2D eigenvalue weighted by molar-refractivity contribution is -0.129. The van der Waals surface area contributed by atoms with Gasteiger partial charge in [-0.15, -0.1) is 0 Å². The van der Waals surface area contributed by atoms with E-state index in [0.29, 0.717) is 12.5 Å². The first-order valence-electron chi connectivity index (χ1n) is 9.49. The fourth-order valence-corrected chi connectivity index (χ4v) is 4.42. The molecule has 27 heavy (non-hydrogen) atoms. The summed E-state index contributed by atoms with van der Waals surface area (Å²) in [5.74, 6) is 1.42. The molecule has 8 nitrogen and oxygen atoms in total. The zero-order chi connectivity index (χ0) is 18.4. The van der Waals surface area contributed by atoms with E-state index in [-0.39, 0.29) is 30.1 Å². The number of fused-ring (bicyclic) bond motifs is 1. The molecule has 1 amide bonds. The Bertz CT molecular complexity index is 845. The SMILES string of the molecule is Cc1ccncc1N1NCC2C(=O)NC(C3CCC3c3ncccn3)NC21. The maximum Gasteiger partial charge on any atom is 0.229 e. The Morgan fingerprint density at radius 1 is 1.15 bits per heavy atom. The highest BCUT2D eigenvalue weighted by molar-refractivity contribution is 5.82. The minimum absolute atomic E-state index is 0.0827. The van der Waals surface area contributed by atoms with Crippen LogP contribution >= 0.6 is 0 Å². The summed E-state index contributed by atoms with van der Waals surface area (Å²) in [7, 11) is 0. The lowest BCUT2D eigenvalue weighted by Crippen LogP contribution is -2.67. The molecule has 2 saturated heterocycles. The summed E-state index contributed by atoms with van der Waals surface area (Å²) in [4.78, 5) is 25.9.